The van der Waals surface area contributed by atoms with Gasteiger partial charge in [-0.15, -0.1) is 0 Å². The molecular weight excluding hydrogens is 403 g/mol. The van der Waals surface area contributed by atoms with E-state index in [1.165, 1.54) is 16.9 Å². The van der Waals surface area contributed by atoms with Gasteiger partial charge >= 0.3 is 12.1 Å². The fourth-order valence-electron chi connectivity index (χ4n) is 2.96. The number of hydrogen-bond acceptors (Lipinski definition) is 5. The van der Waals surface area contributed by atoms with Crippen molar-refractivity contribution in [3.05, 3.63) is 69.5 Å². The minimum atomic E-state index is -4.58. The fraction of sp³-hybridized carbons (Fsp3) is 0.333. The maximum atomic E-state index is 12.7. The van der Waals surface area contributed by atoms with Crippen LogP contribution in [-0.4, -0.2) is 36.7 Å². The smallest absolute Gasteiger partial charge is 0.411 e. The number of fused-ring (bicyclic) bond motifs is 1. The Bertz CT molecular complexity index is 1080. The molecule has 1 aromatic heterocycles. The van der Waals surface area contributed by atoms with Gasteiger partial charge in [-0.25, -0.2) is 4.79 Å². The van der Waals surface area contributed by atoms with Crippen LogP contribution in [0.1, 0.15) is 16.7 Å². The first-order valence-corrected chi connectivity index (χ1v) is 9.11. The molecule has 3 rings (SSSR count). The van der Waals surface area contributed by atoms with Crippen LogP contribution in [0.15, 0.2) is 51.8 Å². The molecule has 0 bridgehead atoms. The summed E-state index contributed by atoms with van der Waals surface area (Å²) < 4.78 is 53.4. The third kappa shape index (κ3) is 5.29. The zero-order valence-electron chi connectivity index (χ0n) is 16.4. The van der Waals surface area contributed by atoms with E-state index < -0.39 is 24.9 Å². The molecule has 0 N–H and O–H groups in total. The van der Waals surface area contributed by atoms with E-state index in [-0.39, 0.29) is 23.9 Å². The Morgan fingerprint density at radius 2 is 1.80 bits per heavy atom. The first kappa shape index (κ1) is 21.6. The lowest BCUT2D eigenvalue weighted by Crippen LogP contribution is -2.32. The van der Waals surface area contributed by atoms with Crippen LogP contribution in [0.3, 0.4) is 0 Å². The van der Waals surface area contributed by atoms with Gasteiger partial charge in [0.15, 0.2) is 11.7 Å². The molecule has 6 nitrogen and oxygen atoms in total. The molecule has 9 heteroatoms. The summed E-state index contributed by atoms with van der Waals surface area (Å²) in [6.07, 6.45) is -6.21. The number of carbonyl (C=O) groups excluding carboxylic acids is 1. The molecule has 1 atom stereocenters. The van der Waals surface area contributed by atoms with E-state index >= 15 is 0 Å². The molecule has 1 heterocycles. The number of nitrogens with zero attached hydrogens (tertiary/aromatic N) is 1. The number of hydrogen-bond donors (Lipinski definition) is 0. The topological polar surface area (TPSA) is 70.7 Å². The number of halogens is 3. The summed E-state index contributed by atoms with van der Waals surface area (Å²) in [7, 11) is 1.06. The molecule has 30 heavy (non-hydrogen) atoms. The van der Waals surface area contributed by atoms with Crippen molar-refractivity contribution in [1.82, 2.24) is 4.74 Å². The average Bonchev–Trinajstić information content (AvgIpc) is 3.00. The van der Waals surface area contributed by atoms with Crippen LogP contribution >= 0.6 is 0 Å². The minimum absolute atomic E-state index is 0.179. The van der Waals surface area contributed by atoms with Crippen molar-refractivity contribution in [2.45, 2.75) is 32.2 Å². The second kappa shape index (κ2) is 8.74. The van der Waals surface area contributed by atoms with Crippen LogP contribution in [0, 0.1) is 6.92 Å². The quantitative estimate of drug-likeness (QED) is 0.543. The first-order valence-electron chi connectivity index (χ1n) is 9.11. The predicted molar refractivity (Wildman–Crippen MR) is 102 cm³/mol. The van der Waals surface area contributed by atoms with Gasteiger partial charge in [0.2, 0.25) is 0 Å². The Morgan fingerprint density at radius 1 is 1.13 bits per heavy atom. The SMILES string of the molecule is COC(=O)C(Cc1ccc2on(Cc3ccc(C)cc3)c(=O)c2c1)OCC(F)(F)F. The molecule has 0 saturated carbocycles. The number of aryl methyl sites for hydroxylation is 1. The first-order chi connectivity index (χ1) is 14.2. The van der Waals surface area contributed by atoms with E-state index in [1.807, 2.05) is 31.2 Å². The molecule has 3 aromatic rings. The van der Waals surface area contributed by atoms with Crippen molar-refractivity contribution in [3.8, 4) is 0 Å². The second-order valence-electron chi connectivity index (χ2n) is 6.89. The van der Waals surface area contributed by atoms with Crippen molar-refractivity contribution < 1.29 is 32.0 Å². The summed E-state index contributed by atoms with van der Waals surface area (Å²) in [4.78, 5) is 24.5. The van der Waals surface area contributed by atoms with Crippen molar-refractivity contribution in [2.24, 2.45) is 0 Å². The van der Waals surface area contributed by atoms with Gasteiger partial charge in [-0.1, -0.05) is 35.9 Å². The Kier molecular flexibility index (Phi) is 6.31. The molecule has 0 radical (unpaired) electrons. The molecule has 0 spiro atoms. The lowest BCUT2D eigenvalue weighted by Gasteiger charge is -2.16. The van der Waals surface area contributed by atoms with Gasteiger partial charge in [0.25, 0.3) is 5.56 Å². The minimum Gasteiger partial charge on any atom is -0.467 e. The number of aromatic nitrogens is 1. The zero-order chi connectivity index (χ0) is 21.9. The van der Waals surface area contributed by atoms with Crippen molar-refractivity contribution in [3.63, 3.8) is 0 Å². The zero-order valence-corrected chi connectivity index (χ0v) is 16.4. The van der Waals surface area contributed by atoms with Gasteiger partial charge in [-0.05, 0) is 30.2 Å². The van der Waals surface area contributed by atoms with Crippen molar-refractivity contribution in [1.29, 1.82) is 0 Å². The summed E-state index contributed by atoms with van der Waals surface area (Å²) >= 11 is 0. The largest absolute Gasteiger partial charge is 0.467 e. The van der Waals surface area contributed by atoms with Crippen molar-refractivity contribution in [2.75, 3.05) is 13.7 Å². The van der Waals surface area contributed by atoms with Gasteiger partial charge in [-0.3, -0.25) is 4.79 Å². The molecule has 2 aromatic carbocycles. The summed E-state index contributed by atoms with van der Waals surface area (Å²) in [5, 5.41) is 0.263. The van der Waals surface area contributed by atoms with Crippen LogP contribution in [-0.2, 0) is 27.2 Å². The summed E-state index contributed by atoms with van der Waals surface area (Å²) in [5.74, 6) is -0.927. The van der Waals surface area contributed by atoms with Crippen LogP contribution < -0.4 is 5.56 Å². The monoisotopic (exact) mass is 423 g/mol. The van der Waals surface area contributed by atoms with Gasteiger partial charge < -0.3 is 14.0 Å². The van der Waals surface area contributed by atoms with E-state index in [0.29, 0.717) is 11.1 Å². The average molecular weight is 423 g/mol. The van der Waals surface area contributed by atoms with Crippen LogP contribution in [0.4, 0.5) is 13.2 Å². The molecular formula is C21H20F3NO5. The second-order valence-corrected chi connectivity index (χ2v) is 6.89. The highest BCUT2D eigenvalue weighted by Gasteiger charge is 2.32. The Balaban J connectivity index is 1.83. The standard InChI is InChI=1S/C21H20F3NO5/c1-13-3-5-14(6-4-13)11-25-19(26)16-9-15(7-8-17(16)30-25)10-18(20(27)28-2)29-12-21(22,23)24/h3-9,18H,10-12H2,1-2H3. The number of ether oxygens (including phenoxy) is 2. The highest BCUT2D eigenvalue weighted by molar-refractivity contribution is 5.78. The molecule has 0 saturated heterocycles. The predicted octanol–water partition coefficient (Wildman–Crippen LogP) is 3.61. The Labute approximate surface area is 169 Å². The van der Waals surface area contributed by atoms with E-state index in [2.05, 4.69) is 4.74 Å². The summed E-state index contributed by atoms with van der Waals surface area (Å²) in [5.41, 5.74) is 2.38. The molecule has 160 valence electrons. The number of rotatable bonds is 7. The van der Waals surface area contributed by atoms with Crippen LogP contribution in [0.25, 0.3) is 11.0 Å². The summed E-state index contributed by atoms with van der Waals surface area (Å²) in [6.45, 7) is 0.616. The maximum absolute atomic E-state index is 12.7. The highest BCUT2D eigenvalue weighted by Crippen LogP contribution is 2.20. The van der Waals surface area contributed by atoms with Gasteiger partial charge in [0, 0.05) is 6.42 Å². The van der Waals surface area contributed by atoms with E-state index in [0.717, 1.165) is 18.2 Å². The maximum Gasteiger partial charge on any atom is 0.411 e. The van der Waals surface area contributed by atoms with Gasteiger partial charge in [0.05, 0.1) is 19.0 Å². The molecule has 0 aliphatic rings. The fourth-order valence-corrected chi connectivity index (χ4v) is 2.96. The Hall–Kier alpha value is -3.07. The lowest BCUT2D eigenvalue weighted by molar-refractivity contribution is -0.193. The molecule has 0 aliphatic carbocycles. The highest BCUT2D eigenvalue weighted by atomic mass is 19.4. The summed E-state index contributed by atoms with van der Waals surface area (Å²) in [6, 6.07) is 12.2. The van der Waals surface area contributed by atoms with Gasteiger partial charge in [-0.2, -0.15) is 17.9 Å². The number of alkyl halides is 3. The molecule has 1 unspecified atom stereocenters. The van der Waals surface area contributed by atoms with Crippen LogP contribution in [0.2, 0.25) is 0 Å². The van der Waals surface area contributed by atoms with Gasteiger partial charge in [0.1, 0.15) is 6.61 Å². The van der Waals surface area contributed by atoms with E-state index in [1.54, 1.807) is 6.07 Å². The third-order valence-electron chi connectivity index (χ3n) is 4.49. The van der Waals surface area contributed by atoms with Crippen LogP contribution in [0.5, 0.6) is 0 Å². The Morgan fingerprint density at radius 3 is 2.43 bits per heavy atom. The lowest BCUT2D eigenvalue weighted by atomic mass is 10.1. The number of esters is 1. The number of benzene rings is 2. The normalized spacial score (nSPS) is 12.8. The number of carbonyl (C=O) groups is 1. The van der Waals surface area contributed by atoms with Crippen molar-refractivity contribution >= 4 is 16.9 Å². The molecule has 0 amide bonds. The third-order valence-corrected chi connectivity index (χ3v) is 4.49. The molecule has 0 fully saturated rings. The van der Waals surface area contributed by atoms with E-state index in [9.17, 15) is 22.8 Å². The number of methoxy groups -OCH3 is 1. The van der Waals surface area contributed by atoms with E-state index in [4.69, 9.17) is 9.26 Å². The molecule has 0 aliphatic heterocycles.